The van der Waals surface area contributed by atoms with Gasteiger partial charge in [0, 0.05) is 28.5 Å². The number of rotatable bonds is 3. The van der Waals surface area contributed by atoms with Crippen LogP contribution in [0.4, 0.5) is 16.2 Å². The number of carbonyl (C=O) groups is 1. The number of hydrogen-bond acceptors (Lipinski definition) is 2. The highest BCUT2D eigenvalue weighted by Gasteiger charge is 2.13. The minimum absolute atomic E-state index is 0.291. The highest BCUT2D eigenvalue weighted by Crippen LogP contribution is 2.32. The molecule has 0 saturated carbocycles. The largest absolute Gasteiger partial charge is 0.323 e. The second kappa shape index (κ2) is 7.41. The molecule has 0 aliphatic heterocycles. The highest BCUT2D eigenvalue weighted by molar-refractivity contribution is 9.10. The zero-order valence-electron chi connectivity index (χ0n) is 13.7. The van der Waals surface area contributed by atoms with E-state index in [0.29, 0.717) is 5.69 Å². The average Bonchev–Trinajstić information content (AvgIpc) is 2.90. The first kappa shape index (κ1) is 17.7. The topological polar surface area (TPSA) is 59.0 Å². The third-order valence-corrected chi connectivity index (χ3v) is 4.86. The van der Waals surface area contributed by atoms with Crippen LogP contribution in [0, 0.1) is 6.92 Å². The molecule has 0 saturated heterocycles. The molecule has 0 radical (unpaired) electrons. The van der Waals surface area contributed by atoms with Crippen molar-refractivity contribution in [2.24, 2.45) is 7.05 Å². The van der Waals surface area contributed by atoms with Crippen molar-refractivity contribution in [1.82, 2.24) is 9.78 Å². The highest BCUT2D eigenvalue weighted by atomic mass is 79.9. The van der Waals surface area contributed by atoms with Crippen LogP contribution in [0.3, 0.4) is 0 Å². The molecule has 0 aliphatic carbocycles. The first-order chi connectivity index (χ1) is 11.9. The van der Waals surface area contributed by atoms with Gasteiger partial charge in [0.25, 0.3) is 0 Å². The van der Waals surface area contributed by atoms with E-state index in [2.05, 4.69) is 47.6 Å². The maximum absolute atomic E-state index is 12.2. The molecule has 2 aromatic carbocycles. The number of carbonyl (C=O) groups excluding carboxylic acids is 1. The summed E-state index contributed by atoms with van der Waals surface area (Å²) in [5.41, 5.74) is 4.51. The molecule has 128 valence electrons. The number of aromatic nitrogens is 2. The summed E-state index contributed by atoms with van der Waals surface area (Å²) in [4.78, 5) is 12.2. The zero-order valence-corrected chi connectivity index (χ0v) is 16.8. The third kappa shape index (κ3) is 4.11. The van der Waals surface area contributed by atoms with Gasteiger partial charge >= 0.3 is 6.03 Å². The minimum atomic E-state index is -0.291. The van der Waals surface area contributed by atoms with Gasteiger partial charge in [-0.15, -0.1) is 0 Å². The van der Waals surface area contributed by atoms with Crippen LogP contribution in [0.1, 0.15) is 5.56 Å². The molecule has 0 atom stereocenters. The minimum Gasteiger partial charge on any atom is -0.308 e. The van der Waals surface area contributed by atoms with Crippen LogP contribution in [0.15, 0.2) is 57.6 Å². The monoisotopic (exact) mass is 462 g/mol. The Balaban J connectivity index is 1.80. The summed E-state index contributed by atoms with van der Waals surface area (Å²) >= 11 is 6.90. The van der Waals surface area contributed by atoms with E-state index in [0.717, 1.165) is 31.5 Å². The van der Waals surface area contributed by atoms with Crippen LogP contribution in [-0.4, -0.2) is 15.8 Å². The molecule has 5 nitrogen and oxygen atoms in total. The van der Waals surface area contributed by atoms with Gasteiger partial charge in [-0.05, 0) is 64.8 Å². The molecule has 0 aliphatic rings. The summed E-state index contributed by atoms with van der Waals surface area (Å²) in [5.74, 6) is 0. The SMILES string of the molecule is Cc1ccc(NC(=O)Nc2ccc(Br)cc2)cc1-c1c(Br)cnn1C. The number of hydrogen-bond donors (Lipinski definition) is 2. The molecule has 2 N–H and O–H groups in total. The molecule has 0 bridgehead atoms. The molecule has 1 heterocycles. The Kier molecular flexibility index (Phi) is 5.24. The normalized spacial score (nSPS) is 10.6. The van der Waals surface area contributed by atoms with Crippen molar-refractivity contribution in [3.63, 3.8) is 0 Å². The second-order valence-corrected chi connectivity index (χ2v) is 7.35. The molecule has 0 unspecified atom stereocenters. The lowest BCUT2D eigenvalue weighted by Crippen LogP contribution is -2.19. The first-order valence-corrected chi connectivity index (χ1v) is 9.15. The Bertz CT molecular complexity index is 900. The van der Waals surface area contributed by atoms with Crippen LogP contribution >= 0.6 is 31.9 Å². The standard InChI is InChI=1S/C18H16Br2N4O/c1-11-3-6-14(9-15(11)17-16(20)10-21-24(17)2)23-18(25)22-13-7-4-12(19)5-8-13/h3-10H,1-2H3,(H2,22,23,25). The van der Waals surface area contributed by atoms with E-state index < -0.39 is 0 Å². The van der Waals surface area contributed by atoms with Crippen LogP contribution in [0.25, 0.3) is 11.3 Å². The van der Waals surface area contributed by atoms with Crippen molar-refractivity contribution in [2.45, 2.75) is 6.92 Å². The Labute approximate surface area is 162 Å². The van der Waals surface area contributed by atoms with Crippen molar-refractivity contribution in [2.75, 3.05) is 10.6 Å². The van der Waals surface area contributed by atoms with Gasteiger partial charge in [-0.25, -0.2) is 4.79 Å². The van der Waals surface area contributed by atoms with Crippen molar-refractivity contribution >= 4 is 49.3 Å². The number of aryl methyl sites for hydroxylation is 2. The maximum atomic E-state index is 12.2. The summed E-state index contributed by atoms with van der Waals surface area (Å²) in [6.07, 6.45) is 1.76. The van der Waals surface area contributed by atoms with Crippen LogP contribution in [0.5, 0.6) is 0 Å². The molecule has 25 heavy (non-hydrogen) atoms. The fourth-order valence-electron chi connectivity index (χ4n) is 2.50. The summed E-state index contributed by atoms with van der Waals surface area (Å²) in [7, 11) is 1.89. The second-order valence-electron chi connectivity index (χ2n) is 5.58. The van der Waals surface area contributed by atoms with E-state index in [1.165, 1.54) is 0 Å². The lowest BCUT2D eigenvalue weighted by Gasteiger charge is -2.12. The first-order valence-electron chi connectivity index (χ1n) is 7.56. The van der Waals surface area contributed by atoms with Crippen molar-refractivity contribution in [3.05, 3.63) is 63.2 Å². The van der Waals surface area contributed by atoms with Gasteiger partial charge in [-0.2, -0.15) is 5.10 Å². The molecule has 0 fully saturated rings. The van der Waals surface area contributed by atoms with Crippen LogP contribution in [-0.2, 0) is 7.05 Å². The van der Waals surface area contributed by atoms with E-state index >= 15 is 0 Å². The van der Waals surface area contributed by atoms with E-state index in [9.17, 15) is 4.79 Å². The fraction of sp³-hybridized carbons (Fsp3) is 0.111. The molecule has 3 aromatic rings. The molecule has 0 spiro atoms. The van der Waals surface area contributed by atoms with E-state index in [-0.39, 0.29) is 6.03 Å². The number of anilines is 2. The molecule has 7 heteroatoms. The molecular formula is C18H16Br2N4O. The Morgan fingerprint density at radius 3 is 2.32 bits per heavy atom. The number of benzene rings is 2. The molecule has 3 rings (SSSR count). The number of amides is 2. The van der Waals surface area contributed by atoms with Gasteiger partial charge < -0.3 is 10.6 Å². The molecule has 2 amide bonds. The lowest BCUT2D eigenvalue weighted by atomic mass is 10.0. The third-order valence-electron chi connectivity index (χ3n) is 3.75. The Morgan fingerprint density at radius 2 is 1.68 bits per heavy atom. The van der Waals surface area contributed by atoms with E-state index in [1.807, 2.05) is 56.4 Å². The van der Waals surface area contributed by atoms with E-state index in [4.69, 9.17) is 0 Å². The van der Waals surface area contributed by atoms with Crippen LogP contribution < -0.4 is 10.6 Å². The van der Waals surface area contributed by atoms with Crippen molar-refractivity contribution in [3.8, 4) is 11.3 Å². The van der Waals surface area contributed by atoms with Gasteiger partial charge in [0.15, 0.2) is 0 Å². The smallest absolute Gasteiger partial charge is 0.308 e. The Morgan fingerprint density at radius 1 is 1.04 bits per heavy atom. The summed E-state index contributed by atoms with van der Waals surface area (Å²) in [5, 5.41) is 9.93. The number of nitrogens with zero attached hydrogens (tertiary/aromatic N) is 2. The summed E-state index contributed by atoms with van der Waals surface area (Å²) in [6.45, 7) is 2.03. The fourth-order valence-corrected chi connectivity index (χ4v) is 3.32. The number of nitrogens with one attached hydrogen (secondary N) is 2. The number of halogens is 2. The Hall–Kier alpha value is -2.12. The van der Waals surface area contributed by atoms with Crippen molar-refractivity contribution in [1.29, 1.82) is 0 Å². The van der Waals surface area contributed by atoms with Crippen molar-refractivity contribution < 1.29 is 4.79 Å². The molecular weight excluding hydrogens is 448 g/mol. The predicted molar refractivity (Wildman–Crippen MR) is 108 cm³/mol. The average molecular weight is 464 g/mol. The molecule has 1 aromatic heterocycles. The lowest BCUT2D eigenvalue weighted by molar-refractivity contribution is 0.262. The maximum Gasteiger partial charge on any atom is 0.323 e. The van der Waals surface area contributed by atoms with Gasteiger partial charge in [0.2, 0.25) is 0 Å². The summed E-state index contributed by atoms with van der Waals surface area (Å²) in [6, 6.07) is 12.9. The van der Waals surface area contributed by atoms with Gasteiger partial charge in [0.05, 0.1) is 16.4 Å². The number of urea groups is 1. The van der Waals surface area contributed by atoms with Crippen LogP contribution in [0.2, 0.25) is 0 Å². The van der Waals surface area contributed by atoms with Gasteiger partial charge in [-0.3, -0.25) is 4.68 Å². The van der Waals surface area contributed by atoms with Gasteiger partial charge in [-0.1, -0.05) is 22.0 Å². The van der Waals surface area contributed by atoms with Gasteiger partial charge in [0.1, 0.15) is 0 Å². The van der Waals surface area contributed by atoms with E-state index in [1.54, 1.807) is 10.9 Å². The summed E-state index contributed by atoms with van der Waals surface area (Å²) < 4.78 is 3.68. The predicted octanol–water partition coefficient (Wildman–Crippen LogP) is 5.56. The quantitative estimate of drug-likeness (QED) is 0.533. The zero-order chi connectivity index (χ0) is 18.0.